The van der Waals surface area contributed by atoms with Crippen molar-refractivity contribution < 1.29 is 34.7 Å². The second kappa shape index (κ2) is 10.4. The van der Waals surface area contributed by atoms with Gasteiger partial charge in [0.2, 0.25) is 5.91 Å². The van der Waals surface area contributed by atoms with Crippen LogP contribution in [0.2, 0.25) is 0 Å². The Morgan fingerprint density at radius 2 is 2.07 bits per heavy atom. The minimum atomic E-state index is -1.33. The van der Waals surface area contributed by atoms with E-state index in [0.29, 0.717) is 23.5 Å². The van der Waals surface area contributed by atoms with Crippen LogP contribution in [-0.4, -0.2) is 48.8 Å². The lowest BCUT2D eigenvalue weighted by Crippen LogP contribution is -2.93. The van der Waals surface area contributed by atoms with Crippen molar-refractivity contribution in [1.29, 1.82) is 0 Å². The van der Waals surface area contributed by atoms with E-state index in [4.69, 9.17) is 9.84 Å². The van der Waals surface area contributed by atoms with Crippen molar-refractivity contribution in [3.63, 3.8) is 0 Å². The molecular weight excluding hydrogens is 372 g/mol. The second-order valence-electron chi connectivity index (χ2n) is 6.41. The van der Waals surface area contributed by atoms with Crippen molar-refractivity contribution in [2.45, 2.75) is 51.5 Å². The highest BCUT2D eigenvalue weighted by Crippen LogP contribution is 2.38. The van der Waals surface area contributed by atoms with E-state index >= 15 is 0 Å². The summed E-state index contributed by atoms with van der Waals surface area (Å²) in [6.07, 6.45) is 3.80. The highest BCUT2D eigenvalue weighted by Gasteiger charge is 2.28. The number of aliphatic hydroxyl groups is 1. The zero-order valence-electron chi connectivity index (χ0n) is 15.4. The third-order valence-electron chi connectivity index (χ3n) is 4.43. The summed E-state index contributed by atoms with van der Waals surface area (Å²) in [5.74, 6) is -2.29. The molecular formula is C18H26N2O6S. The standard InChI is InChI=1S/C18H26N2O6S/c1-2-26-18(25)15-11-6-3-4-7-13(11)27-16(15)20-14(22)10-12(17(23)24)19-8-5-9-21/h12,19,21H,2-10H2,1H3,(H,20,22)(H,23,24)/t12-/m1/s1. The summed E-state index contributed by atoms with van der Waals surface area (Å²) in [5.41, 5.74) is 1.34. The summed E-state index contributed by atoms with van der Waals surface area (Å²) in [7, 11) is 0. The van der Waals surface area contributed by atoms with Gasteiger partial charge in [0.15, 0.2) is 0 Å². The van der Waals surface area contributed by atoms with Crippen molar-refractivity contribution >= 4 is 34.2 Å². The van der Waals surface area contributed by atoms with Gasteiger partial charge in [0.1, 0.15) is 11.0 Å². The number of aliphatic hydroxyl groups excluding tert-OH is 1. The normalized spacial score (nSPS) is 14.3. The van der Waals surface area contributed by atoms with Gasteiger partial charge in [0.05, 0.1) is 31.1 Å². The Morgan fingerprint density at radius 3 is 2.74 bits per heavy atom. The first kappa shape index (κ1) is 21.3. The maximum atomic E-state index is 12.4. The van der Waals surface area contributed by atoms with E-state index in [0.717, 1.165) is 36.1 Å². The van der Waals surface area contributed by atoms with Crippen LogP contribution in [0.15, 0.2) is 0 Å². The fraction of sp³-hybridized carbons (Fsp3) is 0.611. The molecule has 0 fully saturated rings. The van der Waals surface area contributed by atoms with E-state index in [2.05, 4.69) is 5.32 Å². The summed E-state index contributed by atoms with van der Waals surface area (Å²) >= 11 is 1.36. The summed E-state index contributed by atoms with van der Waals surface area (Å²) in [5, 5.41) is 24.6. The lowest BCUT2D eigenvalue weighted by molar-refractivity contribution is -0.682. The van der Waals surface area contributed by atoms with E-state index in [1.807, 2.05) is 0 Å². The molecule has 4 N–H and O–H groups in total. The number of quaternary nitrogens is 1. The van der Waals surface area contributed by atoms with E-state index in [1.165, 1.54) is 16.7 Å². The van der Waals surface area contributed by atoms with Gasteiger partial charge in [-0.25, -0.2) is 4.79 Å². The molecule has 9 heteroatoms. The second-order valence-corrected chi connectivity index (χ2v) is 7.52. The van der Waals surface area contributed by atoms with Gasteiger partial charge in [-0.05, 0) is 38.2 Å². The van der Waals surface area contributed by atoms with Gasteiger partial charge in [-0.15, -0.1) is 11.3 Å². The number of aliphatic carboxylic acids is 1. The molecule has 0 unspecified atom stereocenters. The van der Waals surface area contributed by atoms with Crippen molar-refractivity contribution in [1.82, 2.24) is 0 Å². The molecule has 1 aromatic heterocycles. The number of carbonyl (C=O) groups is 3. The van der Waals surface area contributed by atoms with Gasteiger partial charge in [-0.2, -0.15) is 0 Å². The molecule has 1 aliphatic rings. The van der Waals surface area contributed by atoms with Crippen LogP contribution in [0, 0.1) is 0 Å². The minimum absolute atomic E-state index is 0.0495. The lowest BCUT2D eigenvalue weighted by atomic mass is 9.95. The van der Waals surface area contributed by atoms with E-state index in [9.17, 15) is 19.5 Å². The van der Waals surface area contributed by atoms with Crippen molar-refractivity contribution in [3.05, 3.63) is 16.0 Å². The quantitative estimate of drug-likeness (QED) is 0.349. The summed E-state index contributed by atoms with van der Waals surface area (Å²) < 4.78 is 5.14. The number of carboxylic acid groups (broad SMARTS) is 1. The minimum Gasteiger partial charge on any atom is -0.544 e. The monoisotopic (exact) mass is 398 g/mol. The predicted molar refractivity (Wildman–Crippen MR) is 97.5 cm³/mol. The number of hydrogen-bond donors (Lipinski definition) is 3. The van der Waals surface area contributed by atoms with Gasteiger partial charge < -0.3 is 30.4 Å². The number of nitrogens with one attached hydrogen (secondary N) is 1. The highest BCUT2D eigenvalue weighted by molar-refractivity contribution is 7.17. The Labute approximate surface area is 161 Å². The number of hydrogen-bond acceptors (Lipinski definition) is 7. The summed E-state index contributed by atoms with van der Waals surface area (Å²) in [6, 6.07) is -1.04. The molecule has 1 atom stereocenters. The molecule has 1 aromatic rings. The molecule has 0 saturated heterocycles. The Balaban J connectivity index is 2.13. The summed E-state index contributed by atoms with van der Waals surface area (Å²) in [4.78, 5) is 37.1. The molecule has 1 amide bonds. The Kier molecular flexibility index (Phi) is 8.21. The largest absolute Gasteiger partial charge is 0.544 e. The molecule has 0 aromatic carbocycles. The first-order valence-electron chi connectivity index (χ1n) is 9.24. The zero-order chi connectivity index (χ0) is 19.8. The van der Waals surface area contributed by atoms with E-state index < -0.39 is 23.9 Å². The lowest BCUT2D eigenvalue weighted by Gasteiger charge is -2.16. The van der Waals surface area contributed by atoms with E-state index in [-0.39, 0.29) is 19.6 Å². The topological polar surface area (TPSA) is 132 Å². The highest BCUT2D eigenvalue weighted by atomic mass is 32.1. The Hall–Kier alpha value is -1.97. The van der Waals surface area contributed by atoms with E-state index in [1.54, 1.807) is 6.92 Å². The van der Waals surface area contributed by atoms with Crippen molar-refractivity contribution in [2.75, 3.05) is 25.1 Å². The van der Waals surface area contributed by atoms with Crippen molar-refractivity contribution in [2.24, 2.45) is 0 Å². The predicted octanol–water partition coefficient (Wildman–Crippen LogP) is -0.803. The number of fused-ring (bicyclic) bond motifs is 1. The number of anilines is 1. The molecule has 150 valence electrons. The number of aryl methyl sites for hydroxylation is 1. The molecule has 0 bridgehead atoms. The number of thiophene rings is 1. The van der Waals surface area contributed by atoms with Crippen molar-refractivity contribution in [3.8, 4) is 0 Å². The van der Waals surface area contributed by atoms with Crippen LogP contribution in [0.3, 0.4) is 0 Å². The fourth-order valence-electron chi connectivity index (χ4n) is 3.12. The van der Waals surface area contributed by atoms with Gasteiger partial charge >= 0.3 is 5.97 Å². The van der Waals surface area contributed by atoms with Gasteiger partial charge in [-0.3, -0.25) is 4.79 Å². The number of nitrogens with two attached hydrogens (primary N) is 1. The summed E-state index contributed by atoms with van der Waals surface area (Å²) in [6.45, 7) is 2.29. The first-order valence-corrected chi connectivity index (χ1v) is 10.1. The van der Waals surface area contributed by atoms with Crippen LogP contribution in [0.4, 0.5) is 5.00 Å². The molecule has 27 heavy (non-hydrogen) atoms. The SMILES string of the molecule is CCOC(=O)c1c(NC(=O)C[C@@H]([NH2+]CCCO)C(=O)[O-])sc2c1CCCC2. The number of amides is 1. The smallest absolute Gasteiger partial charge is 0.341 e. The Bertz CT molecular complexity index is 688. The van der Waals surface area contributed by atoms with Crippen LogP contribution in [0.25, 0.3) is 0 Å². The molecule has 0 spiro atoms. The van der Waals surface area contributed by atoms with Gasteiger partial charge in [-0.1, -0.05) is 0 Å². The fourth-order valence-corrected chi connectivity index (χ4v) is 4.42. The average molecular weight is 398 g/mol. The van der Waals surface area contributed by atoms with Crippen LogP contribution in [0.1, 0.15) is 53.4 Å². The number of carbonyl (C=O) groups excluding carboxylic acids is 3. The maximum absolute atomic E-state index is 12.4. The molecule has 2 rings (SSSR count). The molecule has 1 heterocycles. The van der Waals surface area contributed by atoms with Crippen LogP contribution >= 0.6 is 11.3 Å². The number of ether oxygens (including phenoxy) is 1. The van der Waals surface area contributed by atoms with Crippen LogP contribution in [-0.2, 0) is 27.2 Å². The maximum Gasteiger partial charge on any atom is 0.341 e. The third-order valence-corrected chi connectivity index (χ3v) is 5.63. The number of esters is 1. The number of carboxylic acids is 1. The van der Waals surface area contributed by atoms with Crippen LogP contribution < -0.4 is 15.7 Å². The average Bonchev–Trinajstić information content (AvgIpc) is 2.98. The molecule has 8 nitrogen and oxygen atoms in total. The third kappa shape index (κ3) is 5.75. The number of rotatable bonds is 10. The van der Waals surface area contributed by atoms with Gasteiger partial charge in [0.25, 0.3) is 0 Å². The molecule has 1 aliphatic carbocycles. The Morgan fingerprint density at radius 1 is 1.33 bits per heavy atom. The molecule has 0 radical (unpaired) electrons. The first-order chi connectivity index (χ1) is 13.0. The molecule has 0 saturated carbocycles. The van der Waals surface area contributed by atoms with Crippen LogP contribution in [0.5, 0.6) is 0 Å². The van der Waals surface area contributed by atoms with Gasteiger partial charge in [0, 0.05) is 17.9 Å². The molecule has 0 aliphatic heterocycles. The zero-order valence-corrected chi connectivity index (χ0v) is 16.2.